The molecule has 23 heavy (non-hydrogen) atoms. The highest BCUT2D eigenvalue weighted by molar-refractivity contribution is 5.96. The molecule has 1 N–H and O–H groups in total. The van der Waals surface area contributed by atoms with Crippen LogP contribution >= 0.6 is 0 Å². The fraction of sp³-hybridized carbons (Fsp3) is 0.250. The van der Waals surface area contributed by atoms with Crippen molar-refractivity contribution in [3.8, 4) is 11.3 Å². The molecule has 0 atom stereocenters. The first-order valence-corrected chi connectivity index (χ1v) is 7.91. The van der Waals surface area contributed by atoms with E-state index in [0.29, 0.717) is 0 Å². The van der Waals surface area contributed by atoms with Crippen LogP contribution < -0.4 is 10.5 Å². The standard InChI is InChI=1S/C20H22N2O/c1-13(2)18-16-7-5-6-8-17(16)19(21-20(18)23)14-9-11-15(12-10-14)22(3)4/h5-13H,1-4H3,(H,21,23). The van der Waals surface area contributed by atoms with Gasteiger partial charge in [-0.1, -0.05) is 50.2 Å². The predicted molar refractivity (Wildman–Crippen MR) is 98.4 cm³/mol. The van der Waals surface area contributed by atoms with Gasteiger partial charge in [0, 0.05) is 30.7 Å². The van der Waals surface area contributed by atoms with Crippen LogP contribution in [0.5, 0.6) is 0 Å². The predicted octanol–water partition coefficient (Wildman–Crippen LogP) is 4.38. The molecule has 0 fully saturated rings. The summed E-state index contributed by atoms with van der Waals surface area (Å²) in [6.45, 7) is 4.12. The summed E-state index contributed by atoms with van der Waals surface area (Å²) in [5, 5.41) is 2.13. The fourth-order valence-electron chi connectivity index (χ4n) is 3.03. The summed E-state index contributed by atoms with van der Waals surface area (Å²) in [7, 11) is 4.04. The van der Waals surface area contributed by atoms with Gasteiger partial charge in [-0.15, -0.1) is 0 Å². The molecule has 1 heterocycles. The van der Waals surface area contributed by atoms with Crippen LogP contribution in [-0.4, -0.2) is 19.1 Å². The molecule has 0 unspecified atom stereocenters. The van der Waals surface area contributed by atoms with Crippen molar-refractivity contribution in [2.24, 2.45) is 0 Å². The van der Waals surface area contributed by atoms with E-state index in [4.69, 9.17) is 0 Å². The quantitative estimate of drug-likeness (QED) is 0.779. The minimum absolute atomic E-state index is 0.00499. The van der Waals surface area contributed by atoms with E-state index in [1.54, 1.807) is 0 Å². The van der Waals surface area contributed by atoms with Gasteiger partial charge < -0.3 is 9.88 Å². The number of hydrogen-bond donors (Lipinski definition) is 1. The van der Waals surface area contributed by atoms with Gasteiger partial charge in [0.15, 0.2) is 0 Å². The third kappa shape index (κ3) is 2.74. The number of benzene rings is 2. The Labute approximate surface area is 136 Å². The van der Waals surface area contributed by atoms with Crippen LogP contribution in [-0.2, 0) is 0 Å². The first kappa shape index (κ1) is 15.3. The van der Waals surface area contributed by atoms with E-state index in [1.165, 1.54) is 0 Å². The largest absolute Gasteiger partial charge is 0.378 e. The monoisotopic (exact) mass is 306 g/mol. The number of nitrogens with zero attached hydrogens (tertiary/aromatic N) is 1. The molecule has 0 aliphatic heterocycles. The van der Waals surface area contributed by atoms with Crippen molar-refractivity contribution in [2.75, 3.05) is 19.0 Å². The number of fused-ring (bicyclic) bond motifs is 1. The maximum atomic E-state index is 12.6. The SMILES string of the molecule is CC(C)c1c(=O)[nH]c(-c2ccc(N(C)C)cc2)c2ccccc12. The number of nitrogens with one attached hydrogen (secondary N) is 1. The summed E-state index contributed by atoms with van der Waals surface area (Å²) in [6, 6.07) is 16.4. The zero-order chi connectivity index (χ0) is 16.6. The molecule has 0 spiro atoms. The smallest absolute Gasteiger partial charge is 0.252 e. The molecule has 0 saturated heterocycles. The molecule has 0 bridgehead atoms. The maximum Gasteiger partial charge on any atom is 0.252 e. The average Bonchev–Trinajstić information content (AvgIpc) is 2.53. The Morgan fingerprint density at radius 2 is 1.52 bits per heavy atom. The number of aromatic amines is 1. The summed E-state index contributed by atoms with van der Waals surface area (Å²) in [5.74, 6) is 0.189. The van der Waals surface area contributed by atoms with Gasteiger partial charge in [0.05, 0.1) is 5.69 Å². The Morgan fingerprint density at radius 3 is 2.09 bits per heavy atom. The van der Waals surface area contributed by atoms with Crippen LogP contribution in [0.2, 0.25) is 0 Å². The lowest BCUT2D eigenvalue weighted by atomic mass is 9.95. The van der Waals surface area contributed by atoms with Gasteiger partial charge in [-0.2, -0.15) is 0 Å². The second kappa shape index (κ2) is 5.92. The molecule has 3 heteroatoms. The molecule has 0 aliphatic carbocycles. The van der Waals surface area contributed by atoms with Crippen molar-refractivity contribution < 1.29 is 0 Å². The van der Waals surface area contributed by atoms with E-state index in [0.717, 1.165) is 33.3 Å². The van der Waals surface area contributed by atoms with Crippen molar-refractivity contribution in [1.29, 1.82) is 0 Å². The molecule has 3 rings (SSSR count). The molecule has 118 valence electrons. The van der Waals surface area contributed by atoms with Crippen LogP contribution in [0.25, 0.3) is 22.0 Å². The van der Waals surface area contributed by atoms with Gasteiger partial charge >= 0.3 is 0 Å². The van der Waals surface area contributed by atoms with Crippen LogP contribution in [0, 0.1) is 0 Å². The topological polar surface area (TPSA) is 36.1 Å². The molecule has 0 radical (unpaired) electrons. The lowest BCUT2D eigenvalue weighted by Gasteiger charge is -2.15. The number of hydrogen-bond acceptors (Lipinski definition) is 2. The van der Waals surface area contributed by atoms with E-state index < -0.39 is 0 Å². The molecular formula is C20H22N2O. The summed E-state index contributed by atoms with van der Waals surface area (Å²) < 4.78 is 0. The normalized spacial score (nSPS) is 11.2. The van der Waals surface area contributed by atoms with Gasteiger partial charge in [0.2, 0.25) is 0 Å². The van der Waals surface area contributed by atoms with Crippen molar-refractivity contribution >= 4 is 16.5 Å². The van der Waals surface area contributed by atoms with Gasteiger partial charge in [0.25, 0.3) is 5.56 Å². The van der Waals surface area contributed by atoms with Gasteiger partial charge in [0.1, 0.15) is 0 Å². The molecular weight excluding hydrogens is 284 g/mol. The number of rotatable bonds is 3. The van der Waals surface area contributed by atoms with Crippen LogP contribution in [0.4, 0.5) is 5.69 Å². The summed E-state index contributed by atoms with van der Waals surface area (Å²) in [5.41, 5.74) is 3.92. The second-order valence-corrected chi connectivity index (χ2v) is 6.38. The van der Waals surface area contributed by atoms with Crippen molar-refractivity contribution in [2.45, 2.75) is 19.8 Å². The number of aromatic nitrogens is 1. The zero-order valence-corrected chi connectivity index (χ0v) is 14.1. The summed E-state index contributed by atoms with van der Waals surface area (Å²) in [6.07, 6.45) is 0. The summed E-state index contributed by atoms with van der Waals surface area (Å²) in [4.78, 5) is 17.7. The fourth-order valence-corrected chi connectivity index (χ4v) is 3.03. The van der Waals surface area contributed by atoms with Gasteiger partial charge in [-0.3, -0.25) is 4.79 Å². The van der Waals surface area contributed by atoms with Crippen molar-refractivity contribution in [3.05, 3.63) is 64.4 Å². The lowest BCUT2D eigenvalue weighted by molar-refractivity contribution is 0.856. The zero-order valence-electron chi connectivity index (χ0n) is 14.1. The Balaban J connectivity index is 2.26. The molecule has 2 aromatic carbocycles. The first-order valence-electron chi connectivity index (χ1n) is 7.91. The van der Waals surface area contributed by atoms with E-state index in [-0.39, 0.29) is 11.5 Å². The molecule has 1 aromatic heterocycles. The lowest BCUT2D eigenvalue weighted by Crippen LogP contribution is -2.15. The molecule has 0 aliphatic rings. The van der Waals surface area contributed by atoms with Crippen molar-refractivity contribution in [3.63, 3.8) is 0 Å². The Bertz CT molecular complexity index is 890. The van der Waals surface area contributed by atoms with Crippen molar-refractivity contribution in [1.82, 2.24) is 4.98 Å². The first-order chi connectivity index (χ1) is 11.0. The molecule has 0 amide bonds. The number of H-pyrrole nitrogens is 1. The van der Waals surface area contributed by atoms with Crippen LogP contribution in [0.1, 0.15) is 25.3 Å². The van der Waals surface area contributed by atoms with E-state index in [9.17, 15) is 4.79 Å². The van der Waals surface area contributed by atoms with Crippen LogP contribution in [0.3, 0.4) is 0 Å². The highest BCUT2D eigenvalue weighted by Gasteiger charge is 2.14. The van der Waals surface area contributed by atoms with E-state index >= 15 is 0 Å². The Hall–Kier alpha value is -2.55. The number of anilines is 1. The van der Waals surface area contributed by atoms with Gasteiger partial charge in [-0.25, -0.2) is 0 Å². The molecule has 3 aromatic rings. The van der Waals surface area contributed by atoms with E-state index in [1.807, 2.05) is 32.3 Å². The minimum Gasteiger partial charge on any atom is -0.378 e. The number of pyridine rings is 1. The minimum atomic E-state index is 0.00499. The highest BCUT2D eigenvalue weighted by Crippen LogP contribution is 2.30. The highest BCUT2D eigenvalue weighted by atomic mass is 16.1. The molecule has 3 nitrogen and oxygen atoms in total. The summed E-state index contributed by atoms with van der Waals surface area (Å²) >= 11 is 0. The maximum absolute atomic E-state index is 12.6. The van der Waals surface area contributed by atoms with Gasteiger partial charge in [-0.05, 0) is 29.0 Å². The Morgan fingerprint density at radius 1 is 0.913 bits per heavy atom. The van der Waals surface area contributed by atoms with E-state index in [2.05, 4.69) is 54.1 Å². The molecule has 0 saturated carbocycles. The van der Waals surface area contributed by atoms with Crippen LogP contribution in [0.15, 0.2) is 53.3 Å². The average molecular weight is 306 g/mol. The third-order valence-corrected chi connectivity index (χ3v) is 4.22. The Kier molecular flexibility index (Phi) is 3.95. The third-order valence-electron chi connectivity index (χ3n) is 4.22. The second-order valence-electron chi connectivity index (χ2n) is 6.38.